The van der Waals surface area contributed by atoms with Crippen molar-refractivity contribution in [1.29, 1.82) is 0 Å². The molecule has 3 atom stereocenters. The zero-order valence-electron chi connectivity index (χ0n) is 16.8. The lowest BCUT2D eigenvalue weighted by Crippen LogP contribution is -2.43. The van der Waals surface area contributed by atoms with Crippen molar-refractivity contribution in [1.82, 2.24) is 0 Å². The van der Waals surface area contributed by atoms with Crippen molar-refractivity contribution in [2.45, 2.75) is 38.6 Å². The third kappa shape index (κ3) is 5.95. The van der Waals surface area contributed by atoms with Crippen LogP contribution in [0.1, 0.15) is 31.4 Å². The smallest absolute Gasteiger partial charge is 0.312 e. The van der Waals surface area contributed by atoms with Crippen LogP contribution in [0.4, 0.5) is 5.69 Å². The number of nitrogen functional groups attached to an aromatic ring is 1. The Labute approximate surface area is 168 Å². The third-order valence-electron chi connectivity index (χ3n) is 4.85. The molecule has 0 aromatic heterocycles. The minimum absolute atomic E-state index is 0.185. The number of ether oxygens (including phenoxy) is 2. The van der Waals surface area contributed by atoms with Gasteiger partial charge in [0, 0.05) is 19.2 Å². The molecule has 28 heavy (non-hydrogen) atoms. The number of benzene rings is 2. The van der Waals surface area contributed by atoms with Gasteiger partial charge in [-0.25, -0.2) is 0 Å². The number of methoxy groups -OCH3 is 1. The molecule has 0 aliphatic heterocycles. The van der Waals surface area contributed by atoms with E-state index in [9.17, 15) is 9.36 Å². The maximum atomic E-state index is 13.0. The topological polar surface area (TPSA) is 78.6 Å². The van der Waals surface area contributed by atoms with Gasteiger partial charge in [0.2, 0.25) is 0 Å². The molecule has 0 saturated carbocycles. The highest BCUT2D eigenvalue weighted by Crippen LogP contribution is 2.40. The minimum atomic E-state index is -1.38. The van der Waals surface area contributed by atoms with Gasteiger partial charge >= 0.3 is 5.97 Å². The summed E-state index contributed by atoms with van der Waals surface area (Å²) in [6.07, 6.45) is 0.895. The first kappa shape index (κ1) is 22.2. The van der Waals surface area contributed by atoms with Crippen LogP contribution in [0.2, 0.25) is 0 Å². The van der Waals surface area contributed by atoms with Crippen LogP contribution in [-0.4, -0.2) is 18.4 Å². The molecule has 0 amide bonds. The van der Waals surface area contributed by atoms with Crippen LogP contribution in [-0.2, 0) is 31.9 Å². The zero-order valence-corrected chi connectivity index (χ0v) is 17.9. The monoisotopic (exact) mass is 403 g/mol. The number of carbonyl (C=O) groups is 1. The Hall–Kier alpha value is -2.10. The number of hydrogen-bond donors (Lipinski definition) is 1. The van der Waals surface area contributed by atoms with Crippen molar-refractivity contribution in [3.8, 4) is 0 Å². The number of rotatable bonds is 10. The van der Waals surface area contributed by atoms with E-state index in [-0.39, 0.29) is 18.5 Å². The van der Waals surface area contributed by atoms with Crippen LogP contribution in [0, 0.1) is 11.8 Å². The highest BCUT2D eigenvalue weighted by Gasteiger charge is 2.44. The second-order valence-corrected chi connectivity index (χ2v) is 8.68. The molecular formula is C22H30NO4P. The highest BCUT2D eigenvalue weighted by molar-refractivity contribution is 7.25. The van der Waals surface area contributed by atoms with E-state index in [1.807, 2.05) is 56.3 Å². The summed E-state index contributed by atoms with van der Waals surface area (Å²) in [4.78, 5) is 13.0. The van der Waals surface area contributed by atoms with Crippen LogP contribution in [0.15, 0.2) is 54.6 Å². The van der Waals surface area contributed by atoms with Crippen molar-refractivity contribution in [3.05, 3.63) is 65.7 Å². The van der Waals surface area contributed by atoms with Crippen molar-refractivity contribution in [2.24, 2.45) is 11.8 Å². The van der Waals surface area contributed by atoms with Gasteiger partial charge < -0.3 is 19.8 Å². The van der Waals surface area contributed by atoms with Crippen molar-refractivity contribution < 1.29 is 18.8 Å². The standard InChI is InChI=1S/C22H30NO4P/c1-16(2)13-20(21(24)27-15-18-7-5-4-6-8-18)22(26-3,28-25)14-17-9-11-19(23)12-10-17/h4-12,16,20H,13-15,23,28H2,1-3H3. The van der Waals surface area contributed by atoms with E-state index in [0.29, 0.717) is 18.5 Å². The zero-order chi connectivity index (χ0) is 20.6. The van der Waals surface area contributed by atoms with Gasteiger partial charge in [-0.05, 0) is 35.6 Å². The Morgan fingerprint density at radius 2 is 1.71 bits per heavy atom. The lowest BCUT2D eigenvalue weighted by atomic mass is 9.87. The summed E-state index contributed by atoms with van der Waals surface area (Å²) in [5.74, 6) is -0.773. The average Bonchev–Trinajstić information content (AvgIpc) is 2.71. The molecule has 2 aromatic rings. The maximum absolute atomic E-state index is 13.0. The molecule has 2 rings (SSSR count). The van der Waals surface area contributed by atoms with Crippen LogP contribution in [0.3, 0.4) is 0 Å². The van der Waals surface area contributed by atoms with Crippen molar-refractivity contribution >= 4 is 20.1 Å². The van der Waals surface area contributed by atoms with E-state index in [1.54, 1.807) is 12.1 Å². The molecule has 0 radical (unpaired) electrons. The average molecular weight is 403 g/mol. The SMILES string of the molecule is COC(Cc1ccc(N)cc1)([PH2]=O)C(CC(C)C)C(=O)OCc1ccccc1. The Morgan fingerprint density at radius 3 is 2.25 bits per heavy atom. The molecule has 0 heterocycles. The maximum Gasteiger partial charge on any atom is 0.312 e. The number of anilines is 1. The number of carbonyl (C=O) groups excluding carboxylic acids is 1. The van der Waals surface area contributed by atoms with Crippen LogP contribution in [0.5, 0.6) is 0 Å². The first-order valence-electron chi connectivity index (χ1n) is 9.46. The van der Waals surface area contributed by atoms with E-state index in [4.69, 9.17) is 15.2 Å². The predicted molar refractivity (Wildman–Crippen MR) is 114 cm³/mol. The fraction of sp³-hybridized carbons (Fsp3) is 0.409. The minimum Gasteiger partial charge on any atom is -0.461 e. The molecule has 152 valence electrons. The predicted octanol–water partition coefficient (Wildman–Crippen LogP) is 4.32. The molecule has 0 spiro atoms. The molecule has 0 saturated heterocycles. The Balaban J connectivity index is 2.25. The number of hydrogen-bond acceptors (Lipinski definition) is 5. The fourth-order valence-corrected chi connectivity index (χ4v) is 4.11. The Kier molecular flexibility index (Phi) is 8.28. The van der Waals surface area contributed by atoms with E-state index in [1.165, 1.54) is 7.11 Å². The van der Waals surface area contributed by atoms with Gasteiger partial charge in [-0.15, -0.1) is 0 Å². The van der Waals surface area contributed by atoms with Gasteiger partial charge in [-0.2, -0.15) is 0 Å². The molecule has 0 aliphatic carbocycles. The largest absolute Gasteiger partial charge is 0.461 e. The lowest BCUT2D eigenvalue weighted by molar-refractivity contribution is -0.158. The van der Waals surface area contributed by atoms with Crippen LogP contribution in [0.25, 0.3) is 0 Å². The molecule has 2 aromatic carbocycles. The molecule has 0 fully saturated rings. The van der Waals surface area contributed by atoms with Crippen LogP contribution < -0.4 is 5.73 Å². The third-order valence-corrected chi connectivity index (χ3v) is 6.09. The number of nitrogens with two attached hydrogens (primary N) is 1. The normalized spacial score (nSPS) is 14.9. The molecule has 0 aliphatic rings. The molecular weight excluding hydrogens is 373 g/mol. The summed E-state index contributed by atoms with van der Waals surface area (Å²) >= 11 is 0. The van der Waals surface area contributed by atoms with Gasteiger partial charge in [0.1, 0.15) is 11.9 Å². The Bertz CT molecular complexity index is 764. The van der Waals surface area contributed by atoms with Gasteiger partial charge in [0.25, 0.3) is 0 Å². The van der Waals surface area contributed by atoms with E-state index in [2.05, 4.69) is 0 Å². The highest BCUT2D eigenvalue weighted by atomic mass is 31.1. The second kappa shape index (κ2) is 10.4. The summed E-state index contributed by atoms with van der Waals surface area (Å²) in [6, 6.07) is 16.9. The quantitative estimate of drug-likeness (QED) is 0.363. The molecule has 0 bridgehead atoms. The summed E-state index contributed by atoms with van der Waals surface area (Å²) in [6.45, 7) is 4.24. The van der Waals surface area contributed by atoms with E-state index >= 15 is 0 Å². The number of esters is 1. The first-order valence-corrected chi connectivity index (χ1v) is 10.5. The molecule has 3 unspecified atom stereocenters. The van der Waals surface area contributed by atoms with Crippen molar-refractivity contribution in [2.75, 3.05) is 12.8 Å². The van der Waals surface area contributed by atoms with Gasteiger partial charge in [0.15, 0.2) is 0 Å². The summed E-state index contributed by atoms with van der Waals surface area (Å²) in [7, 11) is 0.130. The van der Waals surface area contributed by atoms with E-state index < -0.39 is 19.7 Å². The molecule has 2 N–H and O–H groups in total. The summed E-state index contributed by atoms with van der Waals surface area (Å²) in [5.41, 5.74) is 8.25. The van der Waals surface area contributed by atoms with Gasteiger partial charge in [0.05, 0.1) is 14.4 Å². The van der Waals surface area contributed by atoms with E-state index in [0.717, 1.165) is 11.1 Å². The lowest BCUT2D eigenvalue weighted by Gasteiger charge is -2.35. The second-order valence-electron chi connectivity index (χ2n) is 7.47. The Morgan fingerprint density at radius 1 is 1.07 bits per heavy atom. The summed E-state index contributed by atoms with van der Waals surface area (Å²) in [5, 5.41) is -1.09. The summed E-state index contributed by atoms with van der Waals surface area (Å²) < 4.78 is 23.7. The fourth-order valence-electron chi connectivity index (χ4n) is 3.26. The molecule has 6 heteroatoms. The van der Waals surface area contributed by atoms with Gasteiger partial charge in [-0.1, -0.05) is 56.3 Å². The first-order chi connectivity index (χ1) is 13.4. The molecule has 5 nitrogen and oxygen atoms in total. The van der Waals surface area contributed by atoms with Crippen molar-refractivity contribution in [3.63, 3.8) is 0 Å². The van der Waals surface area contributed by atoms with Crippen LogP contribution >= 0.6 is 8.46 Å². The van der Waals surface area contributed by atoms with Gasteiger partial charge in [-0.3, -0.25) is 4.79 Å².